The predicted molar refractivity (Wildman–Crippen MR) is 98.1 cm³/mol. The maximum absolute atomic E-state index is 5.67. The van der Waals surface area contributed by atoms with Gasteiger partial charge < -0.3 is 15.0 Å². The molecule has 2 aromatic rings. The van der Waals surface area contributed by atoms with Gasteiger partial charge in [-0.2, -0.15) is 0 Å². The lowest BCUT2D eigenvalue weighted by Crippen LogP contribution is -2.24. The van der Waals surface area contributed by atoms with E-state index in [9.17, 15) is 0 Å². The van der Waals surface area contributed by atoms with Gasteiger partial charge in [0.05, 0.1) is 6.61 Å². The van der Waals surface area contributed by atoms with Crippen molar-refractivity contribution in [2.45, 2.75) is 26.3 Å². The van der Waals surface area contributed by atoms with E-state index in [0.29, 0.717) is 0 Å². The van der Waals surface area contributed by atoms with E-state index in [2.05, 4.69) is 66.7 Å². The Hall–Kier alpha value is -2.00. The largest absolute Gasteiger partial charge is 0.494 e. The molecule has 0 saturated carbocycles. The number of benzene rings is 2. The molecule has 0 atom stereocenters. The van der Waals surface area contributed by atoms with Gasteiger partial charge in [0.2, 0.25) is 0 Å². The van der Waals surface area contributed by atoms with Gasteiger partial charge in [0.15, 0.2) is 0 Å². The third-order valence-electron chi connectivity index (χ3n) is 3.74. The summed E-state index contributed by atoms with van der Waals surface area (Å²) in [6.45, 7) is 5.88. The molecule has 0 radical (unpaired) electrons. The van der Waals surface area contributed by atoms with Crippen LogP contribution in [0.2, 0.25) is 0 Å². The minimum absolute atomic E-state index is 0.799. The molecule has 0 amide bonds. The molecule has 0 aliphatic carbocycles. The van der Waals surface area contributed by atoms with E-state index in [1.54, 1.807) is 0 Å². The number of nitrogens with one attached hydrogen (secondary N) is 1. The highest BCUT2D eigenvalue weighted by Gasteiger charge is 2.00. The van der Waals surface area contributed by atoms with Gasteiger partial charge in [-0.1, -0.05) is 43.7 Å². The van der Waals surface area contributed by atoms with Gasteiger partial charge in [-0.25, -0.2) is 0 Å². The van der Waals surface area contributed by atoms with Gasteiger partial charge >= 0.3 is 0 Å². The summed E-state index contributed by atoms with van der Waals surface area (Å²) in [7, 11) is 2.15. The molecule has 23 heavy (non-hydrogen) atoms. The van der Waals surface area contributed by atoms with Crippen molar-refractivity contribution in [3.8, 4) is 5.75 Å². The first-order chi connectivity index (χ1) is 11.3. The zero-order chi connectivity index (χ0) is 16.3. The Morgan fingerprint density at radius 1 is 1.00 bits per heavy atom. The molecule has 2 aromatic carbocycles. The molecule has 1 N–H and O–H groups in total. The lowest BCUT2D eigenvalue weighted by molar-refractivity contribution is 0.309. The van der Waals surface area contributed by atoms with Crippen LogP contribution in [0.1, 0.15) is 25.3 Å². The highest BCUT2D eigenvalue weighted by molar-refractivity contribution is 5.46. The summed E-state index contributed by atoms with van der Waals surface area (Å²) in [5, 5.41) is 3.46. The smallest absolute Gasteiger partial charge is 0.119 e. The van der Waals surface area contributed by atoms with Crippen molar-refractivity contribution in [3.05, 3.63) is 60.2 Å². The summed E-state index contributed by atoms with van der Waals surface area (Å²) in [5.74, 6) is 0.949. The second kappa shape index (κ2) is 9.90. The molecule has 0 saturated heterocycles. The number of nitrogens with zero attached hydrogens (tertiary/aromatic N) is 1. The number of hydrogen-bond acceptors (Lipinski definition) is 3. The molecule has 0 aliphatic rings. The van der Waals surface area contributed by atoms with Crippen LogP contribution in [0.15, 0.2) is 54.6 Å². The molecule has 124 valence electrons. The second-order valence-corrected chi connectivity index (χ2v) is 5.88. The van der Waals surface area contributed by atoms with E-state index in [1.165, 1.54) is 5.56 Å². The second-order valence-electron chi connectivity index (χ2n) is 5.88. The minimum Gasteiger partial charge on any atom is -0.494 e. The van der Waals surface area contributed by atoms with Crippen LogP contribution in [0, 0.1) is 0 Å². The Morgan fingerprint density at radius 2 is 1.74 bits per heavy atom. The van der Waals surface area contributed by atoms with Gasteiger partial charge in [0.25, 0.3) is 0 Å². The molecule has 0 heterocycles. The summed E-state index contributed by atoms with van der Waals surface area (Å²) >= 11 is 0. The van der Waals surface area contributed by atoms with Crippen molar-refractivity contribution in [1.82, 2.24) is 4.90 Å². The van der Waals surface area contributed by atoms with Gasteiger partial charge in [-0.05, 0) is 43.3 Å². The van der Waals surface area contributed by atoms with Crippen LogP contribution in [-0.2, 0) is 6.54 Å². The molecular weight excluding hydrogens is 284 g/mol. The van der Waals surface area contributed by atoms with Gasteiger partial charge in [0, 0.05) is 25.3 Å². The van der Waals surface area contributed by atoms with Gasteiger partial charge in [-0.15, -0.1) is 0 Å². The minimum atomic E-state index is 0.799. The van der Waals surface area contributed by atoms with Crippen LogP contribution in [0.5, 0.6) is 5.75 Å². The lowest BCUT2D eigenvalue weighted by atomic mass is 10.2. The Morgan fingerprint density at radius 3 is 2.43 bits per heavy atom. The fourth-order valence-corrected chi connectivity index (χ4v) is 2.37. The maximum atomic E-state index is 5.67. The van der Waals surface area contributed by atoms with E-state index in [-0.39, 0.29) is 0 Å². The maximum Gasteiger partial charge on any atom is 0.119 e. The summed E-state index contributed by atoms with van der Waals surface area (Å²) in [4.78, 5) is 2.32. The Balaban J connectivity index is 1.67. The fourth-order valence-electron chi connectivity index (χ4n) is 2.37. The summed E-state index contributed by atoms with van der Waals surface area (Å²) < 4.78 is 5.67. The zero-order valence-electron chi connectivity index (χ0n) is 14.3. The normalized spacial score (nSPS) is 10.7. The van der Waals surface area contributed by atoms with Crippen LogP contribution in [0.4, 0.5) is 5.69 Å². The number of likely N-dealkylation sites (N-methyl/N-ethyl adjacent to an activating group) is 1. The quantitative estimate of drug-likeness (QED) is 0.658. The Kier molecular flexibility index (Phi) is 7.47. The lowest BCUT2D eigenvalue weighted by Gasteiger charge is -2.17. The molecule has 0 unspecified atom stereocenters. The van der Waals surface area contributed by atoms with E-state index >= 15 is 0 Å². The van der Waals surface area contributed by atoms with Crippen LogP contribution in [0.3, 0.4) is 0 Å². The van der Waals surface area contributed by atoms with Crippen LogP contribution >= 0.6 is 0 Å². The molecular formula is C20H28N2O. The third-order valence-corrected chi connectivity index (χ3v) is 3.74. The number of unbranched alkanes of at least 4 members (excludes halogenated alkanes) is 1. The Bertz CT molecular complexity index is 539. The predicted octanol–water partition coefficient (Wildman–Crippen LogP) is 4.41. The average molecular weight is 312 g/mol. The van der Waals surface area contributed by atoms with Crippen molar-refractivity contribution in [2.24, 2.45) is 0 Å². The molecule has 0 spiro atoms. The number of ether oxygens (including phenoxy) is 1. The number of rotatable bonds is 10. The van der Waals surface area contributed by atoms with Crippen molar-refractivity contribution in [3.63, 3.8) is 0 Å². The molecule has 2 rings (SSSR count). The van der Waals surface area contributed by atoms with Crippen LogP contribution < -0.4 is 10.1 Å². The van der Waals surface area contributed by atoms with Gasteiger partial charge in [-0.3, -0.25) is 0 Å². The topological polar surface area (TPSA) is 24.5 Å². The molecule has 0 fully saturated rings. The molecule has 3 nitrogen and oxygen atoms in total. The summed E-state index contributed by atoms with van der Waals surface area (Å²) in [6.07, 6.45) is 2.27. The van der Waals surface area contributed by atoms with Crippen molar-refractivity contribution >= 4 is 5.69 Å². The van der Waals surface area contributed by atoms with Crippen molar-refractivity contribution < 1.29 is 4.74 Å². The molecule has 0 bridgehead atoms. The summed E-state index contributed by atoms with van der Waals surface area (Å²) in [6, 6.07) is 18.8. The van der Waals surface area contributed by atoms with E-state index < -0.39 is 0 Å². The first kappa shape index (κ1) is 17.4. The van der Waals surface area contributed by atoms with Gasteiger partial charge in [0.1, 0.15) is 5.75 Å². The Labute approximate surface area is 140 Å². The van der Waals surface area contributed by atoms with E-state index in [4.69, 9.17) is 4.74 Å². The standard InChI is InChI=1S/C20H28N2O/c1-3-4-16-23-20-12-10-19(11-13-20)21-14-15-22(2)17-18-8-6-5-7-9-18/h5-13,21H,3-4,14-17H2,1-2H3. The molecule has 0 aliphatic heterocycles. The monoisotopic (exact) mass is 312 g/mol. The fraction of sp³-hybridized carbons (Fsp3) is 0.400. The van der Waals surface area contributed by atoms with E-state index in [0.717, 1.165) is 50.5 Å². The van der Waals surface area contributed by atoms with Crippen molar-refractivity contribution in [1.29, 1.82) is 0 Å². The van der Waals surface area contributed by atoms with E-state index in [1.807, 2.05) is 12.1 Å². The highest BCUT2D eigenvalue weighted by Crippen LogP contribution is 2.15. The average Bonchev–Trinajstić information content (AvgIpc) is 2.57. The first-order valence-electron chi connectivity index (χ1n) is 8.47. The van der Waals surface area contributed by atoms with Crippen LogP contribution in [0.25, 0.3) is 0 Å². The number of anilines is 1. The summed E-state index contributed by atoms with van der Waals surface area (Å²) in [5.41, 5.74) is 2.49. The molecule has 3 heteroatoms. The van der Waals surface area contributed by atoms with Crippen LogP contribution in [-0.4, -0.2) is 31.6 Å². The highest BCUT2D eigenvalue weighted by atomic mass is 16.5. The molecule has 0 aromatic heterocycles. The first-order valence-corrected chi connectivity index (χ1v) is 8.47. The SMILES string of the molecule is CCCCOc1ccc(NCCN(C)Cc2ccccc2)cc1. The third kappa shape index (κ3) is 6.74. The zero-order valence-corrected chi connectivity index (χ0v) is 14.3. The number of hydrogen-bond donors (Lipinski definition) is 1. The van der Waals surface area contributed by atoms with Crippen molar-refractivity contribution in [2.75, 3.05) is 32.1 Å².